The highest BCUT2D eigenvalue weighted by molar-refractivity contribution is 7.17. The molecule has 1 aromatic carbocycles. The minimum atomic E-state index is -2.78. The number of thiazole rings is 1. The minimum Gasteiger partial charge on any atom is -0.269 e. The SMILES string of the molecule is Cc1sc2nc(Cc3cccc(C#N)c3F)cc(=O)n2c1C1CC1(F)F. The molecule has 2 aromatic heterocycles. The van der Waals surface area contributed by atoms with Crippen molar-refractivity contribution in [3.8, 4) is 6.07 Å². The van der Waals surface area contributed by atoms with E-state index >= 15 is 0 Å². The zero-order chi connectivity index (χ0) is 18.6. The van der Waals surface area contributed by atoms with Gasteiger partial charge in [0.05, 0.1) is 22.9 Å². The van der Waals surface area contributed by atoms with E-state index in [-0.39, 0.29) is 24.0 Å². The Bertz CT molecular complexity index is 1140. The third kappa shape index (κ3) is 2.59. The topological polar surface area (TPSA) is 58.2 Å². The lowest BCUT2D eigenvalue weighted by Crippen LogP contribution is -2.17. The van der Waals surface area contributed by atoms with Gasteiger partial charge in [0.1, 0.15) is 11.9 Å². The number of alkyl halides is 2. The molecule has 0 N–H and O–H groups in total. The first-order valence-electron chi connectivity index (χ1n) is 7.89. The second kappa shape index (κ2) is 5.68. The van der Waals surface area contributed by atoms with Crippen LogP contribution in [0.15, 0.2) is 29.1 Å². The van der Waals surface area contributed by atoms with E-state index in [9.17, 15) is 18.0 Å². The minimum absolute atomic E-state index is 0.0406. The number of nitrogens with zero attached hydrogens (tertiary/aromatic N) is 3. The zero-order valence-corrected chi connectivity index (χ0v) is 14.4. The van der Waals surface area contributed by atoms with Crippen LogP contribution in [0.3, 0.4) is 0 Å². The number of benzene rings is 1. The molecule has 1 aliphatic carbocycles. The quantitative estimate of drug-likeness (QED) is 0.700. The lowest BCUT2D eigenvalue weighted by molar-refractivity contribution is 0.111. The van der Waals surface area contributed by atoms with Crippen molar-refractivity contribution in [2.75, 3.05) is 0 Å². The van der Waals surface area contributed by atoms with Crippen molar-refractivity contribution in [2.45, 2.75) is 31.6 Å². The average molecular weight is 375 g/mol. The Balaban J connectivity index is 1.78. The number of nitriles is 1. The highest BCUT2D eigenvalue weighted by Crippen LogP contribution is 2.56. The van der Waals surface area contributed by atoms with Gasteiger partial charge in [0.15, 0.2) is 4.96 Å². The third-order valence-electron chi connectivity index (χ3n) is 4.51. The van der Waals surface area contributed by atoms with Gasteiger partial charge in [0.2, 0.25) is 0 Å². The van der Waals surface area contributed by atoms with Crippen LogP contribution in [0.1, 0.15) is 39.7 Å². The van der Waals surface area contributed by atoms with Crippen molar-refractivity contribution in [1.82, 2.24) is 9.38 Å². The van der Waals surface area contributed by atoms with E-state index in [4.69, 9.17) is 5.26 Å². The molecular formula is C18H12F3N3OS. The highest BCUT2D eigenvalue weighted by Gasteiger charge is 2.59. The molecule has 132 valence electrons. The molecule has 3 aromatic rings. The van der Waals surface area contributed by atoms with E-state index in [1.165, 1.54) is 33.9 Å². The first kappa shape index (κ1) is 16.8. The van der Waals surface area contributed by atoms with Gasteiger partial charge in [0.25, 0.3) is 11.5 Å². The molecule has 1 saturated carbocycles. The van der Waals surface area contributed by atoms with Gasteiger partial charge < -0.3 is 0 Å². The van der Waals surface area contributed by atoms with Crippen LogP contribution in [-0.4, -0.2) is 15.3 Å². The van der Waals surface area contributed by atoms with Crippen LogP contribution in [0.25, 0.3) is 4.96 Å². The van der Waals surface area contributed by atoms with Gasteiger partial charge in [0, 0.05) is 23.8 Å². The summed E-state index contributed by atoms with van der Waals surface area (Å²) in [5.74, 6) is -4.37. The molecule has 8 heteroatoms. The number of hydrogen-bond acceptors (Lipinski definition) is 4. The molecule has 1 unspecified atom stereocenters. The Morgan fingerprint density at radius 1 is 1.46 bits per heavy atom. The van der Waals surface area contributed by atoms with Gasteiger partial charge in [-0.2, -0.15) is 5.26 Å². The lowest BCUT2D eigenvalue weighted by Gasteiger charge is -2.05. The zero-order valence-electron chi connectivity index (χ0n) is 13.6. The summed E-state index contributed by atoms with van der Waals surface area (Å²) in [4.78, 5) is 17.8. The van der Waals surface area contributed by atoms with E-state index in [1.807, 2.05) is 0 Å². The van der Waals surface area contributed by atoms with Crippen molar-refractivity contribution >= 4 is 16.3 Å². The monoisotopic (exact) mass is 375 g/mol. The van der Waals surface area contributed by atoms with Gasteiger partial charge in [-0.25, -0.2) is 18.2 Å². The summed E-state index contributed by atoms with van der Waals surface area (Å²) in [6.07, 6.45) is -0.223. The fourth-order valence-corrected chi connectivity index (χ4v) is 4.20. The summed E-state index contributed by atoms with van der Waals surface area (Å²) in [7, 11) is 0. The maximum Gasteiger partial charge on any atom is 0.258 e. The van der Waals surface area contributed by atoms with Crippen LogP contribution in [0, 0.1) is 24.1 Å². The summed E-state index contributed by atoms with van der Waals surface area (Å²) >= 11 is 1.17. The van der Waals surface area contributed by atoms with Crippen LogP contribution < -0.4 is 5.56 Å². The fraction of sp³-hybridized carbons (Fsp3) is 0.278. The van der Waals surface area contributed by atoms with Crippen molar-refractivity contribution in [3.05, 3.63) is 67.8 Å². The third-order valence-corrected chi connectivity index (χ3v) is 5.49. The molecule has 2 heterocycles. The van der Waals surface area contributed by atoms with Gasteiger partial charge in [-0.1, -0.05) is 12.1 Å². The van der Waals surface area contributed by atoms with Gasteiger partial charge in [-0.3, -0.25) is 9.20 Å². The second-order valence-electron chi connectivity index (χ2n) is 6.33. The molecule has 1 aliphatic rings. The highest BCUT2D eigenvalue weighted by atomic mass is 32.1. The van der Waals surface area contributed by atoms with Gasteiger partial charge in [-0.15, -0.1) is 11.3 Å². The van der Waals surface area contributed by atoms with Crippen LogP contribution in [0.4, 0.5) is 13.2 Å². The number of rotatable bonds is 3. The predicted molar refractivity (Wildman–Crippen MR) is 90.3 cm³/mol. The van der Waals surface area contributed by atoms with Crippen molar-refractivity contribution in [1.29, 1.82) is 5.26 Å². The molecule has 4 nitrogen and oxygen atoms in total. The van der Waals surface area contributed by atoms with Crippen LogP contribution >= 0.6 is 11.3 Å². The Kier molecular flexibility index (Phi) is 3.66. The molecular weight excluding hydrogens is 363 g/mol. The number of aryl methyl sites for hydroxylation is 1. The molecule has 0 saturated heterocycles. The first-order valence-corrected chi connectivity index (χ1v) is 8.71. The van der Waals surface area contributed by atoms with Crippen LogP contribution in [0.5, 0.6) is 0 Å². The van der Waals surface area contributed by atoms with E-state index < -0.39 is 23.2 Å². The Morgan fingerprint density at radius 2 is 2.19 bits per heavy atom. The number of aromatic nitrogens is 2. The largest absolute Gasteiger partial charge is 0.269 e. The predicted octanol–water partition coefficient (Wildman–Crippen LogP) is 3.79. The van der Waals surface area contributed by atoms with Crippen LogP contribution in [-0.2, 0) is 6.42 Å². The molecule has 1 atom stereocenters. The molecule has 0 amide bonds. The summed E-state index contributed by atoms with van der Waals surface area (Å²) in [6.45, 7) is 1.69. The molecule has 0 radical (unpaired) electrons. The van der Waals surface area contributed by atoms with E-state index in [1.54, 1.807) is 19.1 Å². The molecule has 0 aliphatic heterocycles. The smallest absolute Gasteiger partial charge is 0.258 e. The molecule has 4 rings (SSSR count). The first-order chi connectivity index (χ1) is 12.3. The van der Waals surface area contributed by atoms with E-state index in [0.717, 1.165) is 0 Å². The van der Waals surface area contributed by atoms with Crippen molar-refractivity contribution in [2.24, 2.45) is 0 Å². The number of fused-ring (bicyclic) bond motifs is 1. The molecule has 26 heavy (non-hydrogen) atoms. The Hall–Kier alpha value is -2.66. The van der Waals surface area contributed by atoms with Crippen LogP contribution in [0.2, 0.25) is 0 Å². The molecule has 0 bridgehead atoms. The summed E-state index contributed by atoms with van der Waals surface area (Å²) < 4.78 is 42.4. The standard InChI is InChI=1S/C18H12F3N3OS/c1-9-16(13-7-18(13,20)21)24-14(25)6-12(23-17(24)26-9)5-10-3-2-4-11(8-22)15(10)19/h2-4,6,13H,5,7H2,1H3. The summed E-state index contributed by atoms with van der Waals surface area (Å²) in [6, 6.07) is 7.46. The van der Waals surface area contributed by atoms with Crippen molar-refractivity contribution < 1.29 is 13.2 Å². The van der Waals surface area contributed by atoms with E-state index in [0.29, 0.717) is 21.2 Å². The van der Waals surface area contributed by atoms with Gasteiger partial charge in [-0.05, 0) is 18.6 Å². The summed E-state index contributed by atoms with van der Waals surface area (Å²) in [5, 5.41) is 8.91. The fourth-order valence-electron chi connectivity index (χ4n) is 3.14. The maximum atomic E-state index is 14.2. The maximum absolute atomic E-state index is 14.2. The number of halogens is 3. The lowest BCUT2D eigenvalue weighted by atomic mass is 10.1. The van der Waals surface area contributed by atoms with Gasteiger partial charge >= 0.3 is 0 Å². The Morgan fingerprint density at radius 3 is 2.85 bits per heavy atom. The summed E-state index contributed by atoms with van der Waals surface area (Å²) in [5.41, 5.74) is 0.369. The second-order valence-corrected chi connectivity index (χ2v) is 7.51. The molecule has 1 fully saturated rings. The van der Waals surface area contributed by atoms with Crippen molar-refractivity contribution in [3.63, 3.8) is 0 Å². The number of hydrogen-bond donors (Lipinski definition) is 0. The normalized spacial score (nSPS) is 18.0. The van der Waals surface area contributed by atoms with E-state index in [2.05, 4.69) is 4.98 Å². The molecule has 0 spiro atoms. The average Bonchev–Trinajstić information content (AvgIpc) is 3.05. The Labute approximate surface area is 150 Å².